The van der Waals surface area contributed by atoms with Gasteiger partial charge in [-0.2, -0.15) is 0 Å². The van der Waals surface area contributed by atoms with E-state index >= 15 is 0 Å². The lowest BCUT2D eigenvalue weighted by Gasteiger charge is -2.25. The molecule has 1 aromatic heterocycles. The summed E-state index contributed by atoms with van der Waals surface area (Å²) in [4.78, 5) is 6.94. The van der Waals surface area contributed by atoms with Gasteiger partial charge < -0.3 is 9.47 Å². The molecule has 0 bridgehead atoms. The molecule has 0 N–H and O–H groups in total. The smallest absolute Gasteiger partial charge is 0.122 e. The number of hydrogen-bond donors (Lipinski definition) is 0. The molecule has 1 fully saturated rings. The number of aromatic nitrogens is 1. The molecule has 0 aliphatic carbocycles. The Labute approximate surface area is 143 Å². The minimum Gasteiger partial charge on any atom is -0.493 e. The van der Waals surface area contributed by atoms with E-state index in [1.807, 2.05) is 12.3 Å². The van der Waals surface area contributed by atoms with Gasteiger partial charge >= 0.3 is 0 Å². The van der Waals surface area contributed by atoms with Gasteiger partial charge in [0.2, 0.25) is 0 Å². The maximum atomic E-state index is 5.85. The van der Waals surface area contributed by atoms with E-state index in [4.69, 9.17) is 9.47 Å². The summed E-state index contributed by atoms with van der Waals surface area (Å²) in [5.41, 5.74) is 3.79. The molecule has 0 amide bonds. The minimum absolute atomic E-state index is 0.353. The number of rotatable bonds is 6. The van der Waals surface area contributed by atoms with Crippen molar-refractivity contribution in [3.63, 3.8) is 0 Å². The van der Waals surface area contributed by atoms with E-state index in [0.717, 1.165) is 57.1 Å². The first-order valence-electron chi connectivity index (χ1n) is 8.85. The van der Waals surface area contributed by atoms with Crippen molar-refractivity contribution in [1.82, 2.24) is 9.88 Å². The highest BCUT2D eigenvalue weighted by molar-refractivity contribution is 5.39. The van der Waals surface area contributed by atoms with E-state index in [0.29, 0.717) is 6.10 Å². The van der Waals surface area contributed by atoms with Crippen molar-refractivity contribution in [2.75, 3.05) is 19.8 Å². The van der Waals surface area contributed by atoms with Gasteiger partial charge in [0.25, 0.3) is 0 Å². The van der Waals surface area contributed by atoms with Crippen LogP contribution in [-0.2, 0) is 24.2 Å². The molecule has 3 heterocycles. The van der Waals surface area contributed by atoms with Crippen molar-refractivity contribution in [2.24, 2.45) is 0 Å². The molecule has 0 radical (unpaired) electrons. The molecule has 1 aromatic carbocycles. The van der Waals surface area contributed by atoms with Crippen molar-refractivity contribution < 1.29 is 9.47 Å². The van der Waals surface area contributed by atoms with Gasteiger partial charge in [-0.25, -0.2) is 0 Å². The Bertz CT molecular complexity index is 669. The quantitative estimate of drug-likeness (QED) is 0.817. The van der Waals surface area contributed by atoms with Crippen LogP contribution in [0.25, 0.3) is 0 Å². The summed E-state index contributed by atoms with van der Waals surface area (Å²) in [6.45, 7) is 4.45. The molecule has 4 heteroatoms. The van der Waals surface area contributed by atoms with Crippen LogP contribution in [-0.4, -0.2) is 35.7 Å². The topological polar surface area (TPSA) is 34.6 Å². The first kappa shape index (κ1) is 15.6. The van der Waals surface area contributed by atoms with E-state index in [1.165, 1.54) is 17.5 Å². The largest absolute Gasteiger partial charge is 0.493 e. The second kappa shape index (κ2) is 7.32. The highest BCUT2D eigenvalue weighted by Crippen LogP contribution is 2.27. The Kier molecular flexibility index (Phi) is 4.76. The normalized spacial score (nSPS) is 19.5. The Hall–Kier alpha value is -1.91. The number of benzene rings is 1. The molecule has 2 aliphatic rings. The molecule has 0 saturated carbocycles. The number of pyridine rings is 1. The number of hydrogen-bond acceptors (Lipinski definition) is 4. The predicted octanol–water partition coefficient (Wildman–Crippen LogP) is 3.20. The van der Waals surface area contributed by atoms with Crippen LogP contribution in [0.4, 0.5) is 0 Å². The molecule has 1 atom stereocenters. The van der Waals surface area contributed by atoms with Gasteiger partial charge in [0, 0.05) is 38.9 Å². The van der Waals surface area contributed by atoms with Crippen LogP contribution in [0.3, 0.4) is 0 Å². The second-order valence-electron chi connectivity index (χ2n) is 6.67. The highest BCUT2D eigenvalue weighted by atomic mass is 16.5. The monoisotopic (exact) mass is 324 g/mol. The van der Waals surface area contributed by atoms with Crippen LogP contribution in [0.2, 0.25) is 0 Å². The van der Waals surface area contributed by atoms with E-state index in [9.17, 15) is 0 Å². The van der Waals surface area contributed by atoms with E-state index in [2.05, 4.69) is 40.2 Å². The maximum absolute atomic E-state index is 5.85. The SMILES string of the molecule is c1ccc(CN(Cc2ccc3c(c2)CCO3)CC2CCCO2)nc1. The van der Waals surface area contributed by atoms with Gasteiger partial charge in [0.1, 0.15) is 5.75 Å². The van der Waals surface area contributed by atoms with Gasteiger partial charge in [-0.1, -0.05) is 18.2 Å². The number of fused-ring (bicyclic) bond motifs is 1. The minimum atomic E-state index is 0.353. The second-order valence-corrected chi connectivity index (χ2v) is 6.67. The third-order valence-electron chi connectivity index (χ3n) is 4.76. The van der Waals surface area contributed by atoms with Gasteiger partial charge in [-0.05, 0) is 42.2 Å². The fourth-order valence-electron chi connectivity index (χ4n) is 3.58. The zero-order chi connectivity index (χ0) is 16.2. The molecule has 24 heavy (non-hydrogen) atoms. The van der Waals surface area contributed by atoms with Crippen LogP contribution in [0.1, 0.15) is 29.7 Å². The molecule has 1 saturated heterocycles. The van der Waals surface area contributed by atoms with Crippen LogP contribution < -0.4 is 4.74 Å². The molecular weight excluding hydrogens is 300 g/mol. The zero-order valence-electron chi connectivity index (χ0n) is 14.0. The highest BCUT2D eigenvalue weighted by Gasteiger charge is 2.20. The summed E-state index contributed by atoms with van der Waals surface area (Å²) in [6, 6.07) is 12.7. The molecule has 1 unspecified atom stereocenters. The lowest BCUT2D eigenvalue weighted by Crippen LogP contribution is -2.31. The third-order valence-corrected chi connectivity index (χ3v) is 4.76. The van der Waals surface area contributed by atoms with E-state index < -0.39 is 0 Å². The standard InChI is InChI=1S/C20H24N2O2/c1-2-9-21-18(4-1)14-22(15-19-5-3-10-23-19)13-16-6-7-20-17(12-16)8-11-24-20/h1-2,4,6-7,9,12,19H,3,5,8,10-11,13-15H2. The Morgan fingerprint density at radius 2 is 2.12 bits per heavy atom. The van der Waals surface area contributed by atoms with Gasteiger partial charge in [-0.15, -0.1) is 0 Å². The maximum Gasteiger partial charge on any atom is 0.122 e. The van der Waals surface area contributed by atoms with Crippen LogP contribution in [0.15, 0.2) is 42.6 Å². The number of nitrogens with zero attached hydrogens (tertiary/aromatic N) is 2. The third kappa shape index (κ3) is 3.77. The summed E-state index contributed by atoms with van der Waals surface area (Å²) >= 11 is 0. The molecule has 2 aromatic rings. The van der Waals surface area contributed by atoms with Crippen LogP contribution >= 0.6 is 0 Å². The lowest BCUT2D eigenvalue weighted by atomic mass is 10.1. The van der Waals surface area contributed by atoms with Crippen LogP contribution in [0.5, 0.6) is 5.75 Å². The zero-order valence-corrected chi connectivity index (χ0v) is 14.0. The van der Waals surface area contributed by atoms with Gasteiger partial charge in [0.15, 0.2) is 0 Å². The molecule has 0 spiro atoms. The molecule has 2 aliphatic heterocycles. The molecule has 4 rings (SSSR count). The van der Waals surface area contributed by atoms with Crippen molar-refractivity contribution >= 4 is 0 Å². The van der Waals surface area contributed by atoms with E-state index in [-0.39, 0.29) is 0 Å². The van der Waals surface area contributed by atoms with Crippen molar-refractivity contribution in [3.05, 3.63) is 59.4 Å². The summed E-state index contributed by atoms with van der Waals surface area (Å²) in [6.07, 6.45) is 5.59. The molecule has 126 valence electrons. The lowest BCUT2D eigenvalue weighted by molar-refractivity contribution is 0.0675. The van der Waals surface area contributed by atoms with Crippen molar-refractivity contribution in [2.45, 2.75) is 38.5 Å². The predicted molar refractivity (Wildman–Crippen MR) is 93.0 cm³/mol. The number of ether oxygens (including phenoxy) is 2. The molecule has 4 nitrogen and oxygen atoms in total. The first-order chi connectivity index (χ1) is 11.9. The van der Waals surface area contributed by atoms with Gasteiger partial charge in [0.05, 0.1) is 18.4 Å². The fraction of sp³-hybridized carbons (Fsp3) is 0.450. The average molecular weight is 324 g/mol. The fourth-order valence-corrected chi connectivity index (χ4v) is 3.58. The Balaban J connectivity index is 1.48. The van der Waals surface area contributed by atoms with Crippen molar-refractivity contribution in [1.29, 1.82) is 0 Å². The van der Waals surface area contributed by atoms with Crippen molar-refractivity contribution in [3.8, 4) is 5.75 Å². The van der Waals surface area contributed by atoms with E-state index in [1.54, 1.807) is 0 Å². The van der Waals surface area contributed by atoms with Gasteiger partial charge in [-0.3, -0.25) is 9.88 Å². The molecular formula is C20H24N2O2. The summed E-state index contributed by atoms with van der Waals surface area (Å²) in [7, 11) is 0. The summed E-state index contributed by atoms with van der Waals surface area (Å²) in [5, 5.41) is 0. The Morgan fingerprint density at radius 3 is 2.96 bits per heavy atom. The Morgan fingerprint density at radius 1 is 1.12 bits per heavy atom. The van der Waals surface area contributed by atoms with Crippen LogP contribution in [0, 0.1) is 0 Å². The summed E-state index contributed by atoms with van der Waals surface area (Å²) < 4.78 is 11.5. The first-order valence-corrected chi connectivity index (χ1v) is 8.85. The summed E-state index contributed by atoms with van der Waals surface area (Å²) in [5.74, 6) is 1.05. The average Bonchev–Trinajstić information content (AvgIpc) is 3.27.